The molecule has 162 valence electrons. The maximum atomic E-state index is 14.4. The summed E-state index contributed by atoms with van der Waals surface area (Å²) < 4.78 is 46.7. The Kier molecular flexibility index (Phi) is 5.84. The van der Waals surface area contributed by atoms with E-state index in [1.807, 2.05) is 4.90 Å². The van der Waals surface area contributed by atoms with Gasteiger partial charge in [-0.05, 0) is 43.3 Å². The molecule has 1 fully saturated rings. The Morgan fingerprint density at radius 1 is 1.06 bits per heavy atom. The Balaban J connectivity index is 1.50. The third-order valence-electron chi connectivity index (χ3n) is 5.13. The lowest BCUT2D eigenvalue weighted by molar-refractivity contribution is 0.0526. The number of esters is 1. The van der Waals surface area contributed by atoms with E-state index in [4.69, 9.17) is 4.74 Å². The smallest absolute Gasteiger partial charge is 0.338 e. The number of aromatic nitrogens is 2. The molecule has 3 aromatic rings. The lowest BCUT2D eigenvalue weighted by Crippen LogP contribution is -2.49. The highest BCUT2D eigenvalue weighted by molar-refractivity contribution is 7.89. The van der Waals surface area contributed by atoms with Crippen molar-refractivity contribution in [1.82, 2.24) is 14.3 Å². The summed E-state index contributed by atoms with van der Waals surface area (Å²) in [6, 6.07) is 10.3. The van der Waals surface area contributed by atoms with Crippen LogP contribution in [-0.4, -0.2) is 61.4 Å². The highest BCUT2D eigenvalue weighted by Crippen LogP contribution is 2.27. The van der Waals surface area contributed by atoms with Gasteiger partial charge in [0.1, 0.15) is 18.0 Å². The standard InChI is InChI=1S/C21H21FN4O4S/c1-2-30-21(27)15-6-8-16(9-7-15)31(28,29)26-12-10-25(11-13-26)20-19-17(22)4-3-5-18(19)23-14-24-20/h3-9,14H,2,10-13H2,1H3. The average molecular weight is 444 g/mol. The van der Waals surface area contributed by atoms with Gasteiger partial charge in [0.25, 0.3) is 0 Å². The molecule has 0 atom stereocenters. The molecule has 0 spiro atoms. The van der Waals surface area contributed by atoms with E-state index in [2.05, 4.69) is 9.97 Å². The molecule has 31 heavy (non-hydrogen) atoms. The highest BCUT2D eigenvalue weighted by atomic mass is 32.2. The molecule has 8 nitrogen and oxygen atoms in total. The van der Waals surface area contributed by atoms with Gasteiger partial charge in [-0.15, -0.1) is 0 Å². The molecule has 0 aliphatic carbocycles. The van der Waals surface area contributed by atoms with Gasteiger partial charge in [-0.25, -0.2) is 27.6 Å². The molecule has 2 aromatic carbocycles. The molecular formula is C21H21FN4O4S. The van der Waals surface area contributed by atoms with Crippen molar-refractivity contribution in [3.05, 3.63) is 60.2 Å². The molecule has 4 rings (SSSR count). The fraction of sp³-hybridized carbons (Fsp3) is 0.286. The van der Waals surface area contributed by atoms with Gasteiger partial charge < -0.3 is 9.64 Å². The molecule has 1 aliphatic heterocycles. The molecule has 1 aromatic heterocycles. The van der Waals surface area contributed by atoms with Gasteiger partial charge in [0, 0.05) is 26.2 Å². The second-order valence-corrected chi connectivity index (χ2v) is 8.91. The topological polar surface area (TPSA) is 92.7 Å². The number of piperazine rings is 1. The van der Waals surface area contributed by atoms with Crippen LogP contribution in [0.2, 0.25) is 0 Å². The van der Waals surface area contributed by atoms with E-state index in [0.717, 1.165) is 0 Å². The first kappa shape index (κ1) is 21.1. The Morgan fingerprint density at radius 2 is 1.77 bits per heavy atom. The third kappa shape index (κ3) is 4.08. The number of nitrogens with zero attached hydrogens (tertiary/aromatic N) is 4. The van der Waals surface area contributed by atoms with Crippen molar-refractivity contribution < 1.29 is 22.3 Å². The maximum absolute atomic E-state index is 14.4. The first-order chi connectivity index (χ1) is 14.9. The molecule has 0 bridgehead atoms. The maximum Gasteiger partial charge on any atom is 0.338 e. The van der Waals surface area contributed by atoms with Crippen molar-refractivity contribution in [3.63, 3.8) is 0 Å². The minimum atomic E-state index is -3.73. The summed E-state index contributed by atoms with van der Waals surface area (Å²) in [4.78, 5) is 22.1. The summed E-state index contributed by atoms with van der Waals surface area (Å²) >= 11 is 0. The fourth-order valence-electron chi connectivity index (χ4n) is 3.56. The van der Waals surface area contributed by atoms with Crippen molar-refractivity contribution in [2.75, 3.05) is 37.7 Å². The zero-order valence-electron chi connectivity index (χ0n) is 16.9. The summed E-state index contributed by atoms with van der Waals surface area (Å²) in [5, 5.41) is 0.330. The van der Waals surface area contributed by atoms with Crippen LogP contribution in [0.25, 0.3) is 10.9 Å². The monoisotopic (exact) mass is 444 g/mol. The first-order valence-electron chi connectivity index (χ1n) is 9.83. The van der Waals surface area contributed by atoms with Gasteiger partial charge in [-0.3, -0.25) is 0 Å². The number of rotatable bonds is 5. The lowest BCUT2D eigenvalue weighted by Gasteiger charge is -2.35. The van der Waals surface area contributed by atoms with Crippen molar-refractivity contribution in [3.8, 4) is 0 Å². The number of fused-ring (bicyclic) bond motifs is 1. The SMILES string of the molecule is CCOC(=O)c1ccc(S(=O)(=O)N2CCN(c3ncnc4cccc(F)c34)CC2)cc1. The van der Waals surface area contributed by atoms with E-state index in [-0.39, 0.29) is 24.6 Å². The average Bonchev–Trinajstić information content (AvgIpc) is 2.79. The number of hydrogen-bond donors (Lipinski definition) is 0. The predicted molar refractivity (Wildman–Crippen MR) is 113 cm³/mol. The van der Waals surface area contributed by atoms with E-state index in [1.54, 1.807) is 19.1 Å². The zero-order chi connectivity index (χ0) is 22.0. The molecule has 2 heterocycles. The van der Waals surface area contributed by atoms with Crippen LogP contribution >= 0.6 is 0 Å². The van der Waals surface area contributed by atoms with Crippen LogP contribution in [0.3, 0.4) is 0 Å². The molecule has 0 unspecified atom stereocenters. The summed E-state index contributed by atoms with van der Waals surface area (Å²) in [7, 11) is -3.73. The molecule has 0 saturated carbocycles. The highest BCUT2D eigenvalue weighted by Gasteiger charge is 2.30. The summed E-state index contributed by atoms with van der Waals surface area (Å²) in [5.74, 6) is -0.451. The van der Waals surface area contributed by atoms with Crippen LogP contribution in [0.1, 0.15) is 17.3 Å². The largest absolute Gasteiger partial charge is 0.462 e. The van der Waals surface area contributed by atoms with Gasteiger partial charge in [0.15, 0.2) is 0 Å². The van der Waals surface area contributed by atoms with E-state index in [0.29, 0.717) is 35.4 Å². The van der Waals surface area contributed by atoms with Crippen LogP contribution in [0, 0.1) is 5.82 Å². The molecule has 0 amide bonds. The second-order valence-electron chi connectivity index (χ2n) is 6.97. The van der Waals surface area contributed by atoms with Crippen LogP contribution in [0.4, 0.5) is 10.2 Å². The summed E-state index contributed by atoms with van der Waals surface area (Å²) in [5.41, 5.74) is 0.796. The number of halogens is 1. The number of carbonyl (C=O) groups is 1. The summed E-state index contributed by atoms with van der Waals surface area (Å²) in [6.07, 6.45) is 1.38. The van der Waals surface area contributed by atoms with Crippen LogP contribution in [-0.2, 0) is 14.8 Å². The Bertz CT molecular complexity index is 1200. The van der Waals surface area contributed by atoms with Crippen LogP contribution in [0.15, 0.2) is 53.7 Å². The van der Waals surface area contributed by atoms with E-state index in [9.17, 15) is 17.6 Å². The molecule has 0 N–H and O–H groups in total. The van der Waals surface area contributed by atoms with Crippen LogP contribution in [0.5, 0.6) is 0 Å². The van der Waals surface area contributed by atoms with Crippen molar-refractivity contribution in [1.29, 1.82) is 0 Å². The predicted octanol–water partition coefficient (Wildman–Crippen LogP) is 2.46. The molecule has 1 saturated heterocycles. The van der Waals surface area contributed by atoms with E-state index >= 15 is 0 Å². The second kappa shape index (κ2) is 8.56. The van der Waals surface area contributed by atoms with Crippen molar-refractivity contribution in [2.45, 2.75) is 11.8 Å². The Morgan fingerprint density at radius 3 is 2.45 bits per heavy atom. The Labute approximate surface area is 179 Å². The van der Waals surface area contributed by atoms with Crippen molar-refractivity contribution in [2.24, 2.45) is 0 Å². The Hall–Kier alpha value is -3.11. The fourth-order valence-corrected chi connectivity index (χ4v) is 4.98. The van der Waals surface area contributed by atoms with Gasteiger partial charge in [-0.1, -0.05) is 6.07 Å². The lowest BCUT2D eigenvalue weighted by atomic mass is 10.2. The van der Waals surface area contributed by atoms with Crippen molar-refractivity contribution >= 4 is 32.7 Å². The number of sulfonamides is 1. The molecular weight excluding hydrogens is 423 g/mol. The number of ether oxygens (including phenoxy) is 1. The van der Waals surface area contributed by atoms with Gasteiger partial charge in [-0.2, -0.15) is 4.31 Å². The van der Waals surface area contributed by atoms with Gasteiger partial charge in [0.05, 0.1) is 28.0 Å². The third-order valence-corrected chi connectivity index (χ3v) is 7.05. The minimum Gasteiger partial charge on any atom is -0.462 e. The number of hydrogen-bond acceptors (Lipinski definition) is 7. The van der Waals surface area contributed by atoms with Gasteiger partial charge >= 0.3 is 5.97 Å². The zero-order valence-corrected chi connectivity index (χ0v) is 17.7. The number of benzene rings is 2. The summed E-state index contributed by atoms with van der Waals surface area (Å²) in [6.45, 7) is 3.12. The molecule has 10 heteroatoms. The number of carbonyl (C=O) groups excluding carboxylic acids is 1. The first-order valence-corrected chi connectivity index (χ1v) is 11.3. The normalized spacial score (nSPS) is 15.2. The van der Waals surface area contributed by atoms with Gasteiger partial charge in [0.2, 0.25) is 10.0 Å². The minimum absolute atomic E-state index is 0.104. The molecule has 0 radical (unpaired) electrons. The van der Waals surface area contributed by atoms with Crippen LogP contribution < -0.4 is 4.90 Å². The quantitative estimate of drug-likeness (QED) is 0.558. The number of anilines is 1. The molecule has 1 aliphatic rings. The van der Waals surface area contributed by atoms with E-state index in [1.165, 1.54) is 41.0 Å². The van der Waals surface area contributed by atoms with E-state index < -0.39 is 21.8 Å².